The fraction of sp³-hybridized carbons (Fsp3) is 0.500. The summed E-state index contributed by atoms with van der Waals surface area (Å²) in [6, 6.07) is 0. The summed E-state index contributed by atoms with van der Waals surface area (Å²) in [4.78, 5) is 7.77. The van der Waals surface area contributed by atoms with E-state index in [1.165, 1.54) is 17.0 Å². The summed E-state index contributed by atoms with van der Waals surface area (Å²) in [5.74, 6) is 0.118. The molecule has 0 aromatic carbocycles. The summed E-state index contributed by atoms with van der Waals surface area (Å²) in [6.07, 6.45) is 0.471. The van der Waals surface area contributed by atoms with E-state index in [1.54, 1.807) is 0 Å². The van der Waals surface area contributed by atoms with Crippen molar-refractivity contribution >= 4 is 11.6 Å². The zero-order valence-electron chi connectivity index (χ0n) is 9.84. The number of nitrogens with two attached hydrogens (primary N) is 1. The Morgan fingerprint density at radius 3 is 3.00 bits per heavy atom. The number of hydrogen-bond donors (Lipinski definition) is 4. The van der Waals surface area contributed by atoms with Crippen molar-refractivity contribution in [1.29, 1.82) is 0 Å². The van der Waals surface area contributed by atoms with Gasteiger partial charge in [0.05, 0.1) is 25.0 Å². The Balaban J connectivity index is 2.12. The van der Waals surface area contributed by atoms with Gasteiger partial charge in [-0.1, -0.05) is 0 Å². The molecular formula is C10H13N5O4. The molecule has 0 saturated carbocycles. The number of fused-ring (bicyclic) bond motifs is 1. The van der Waals surface area contributed by atoms with Crippen LogP contribution in [0.4, 0.5) is 5.95 Å². The lowest BCUT2D eigenvalue weighted by molar-refractivity contribution is -0.0588. The SMILES string of the molecule is Nc1ncnc2c([C@@]3(O)CO[C@H](CO)[C@H]3O)cnn12. The molecule has 1 saturated heterocycles. The predicted molar refractivity (Wildman–Crippen MR) is 61.9 cm³/mol. The summed E-state index contributed by atoms with van der Waals surface area (Å²) in [5.41, 5.74) is 4.52. The summed E-state index contributed by atoms with van der Waals surface area (Å²) >= 11 is 0. The topological polar surface area (TPSA) is 139 Å². The van der Waals surface area contributed by atoms with Gasteiger partial charge in [0.2, 0.25) is 5.95 Å². The average molecular weight is 267 g/mol. The van der Waals surface area contributed by atoms with Crippen LogP contribution in [0.15, 0.2) is 12.5 Å². The van der Waals surface area contributed by atoms with Gasteiger partial charge in [-0.25, -0.2) is 9.97 Å². The van der Waals surface area contributed by atoms with Gasteiger partial charge < -0.3 is 25.8 Å². The molecule has 0 unspecified atom stereocenters. The van der Waals surface area contributed by atoms with E-state index in [0.717, 1.165) is 0 Å². The van der Waals surface area contributed by atoms with Crippen molar-refractivity contribution in [2.24, 2.45) is 0 Å². The minimum absolute atomic E-state index is 0.118. The van der Waals surface area contributed by atoms with Crippen molar-refractivity contribution < 1.29 is 20.1 Å². The molecule has 1 fully saturated rings. The second kappa shape index (κ2) is 4.10. The van der Waals surface area contributed by atoms with Gasteiger partial charge in [-0.2, -0.15) is 9.61 Å². The molecule has 102 valence electrons. The average Bonchev–Trinajstić information content (AvgIpc) is 2.95. The highest BCUT2D eigenvalue weighted by molar-refractivity contribution is 5.52. The zero-order chi connectivity index (χ0) is 13.6. The van der Waals surface area contributed by atoms with E-state index in [1.807, 2.05) is 0 Å². The van der Waals surface area contributed by atoms with Gasteiger partial charge >= 0.3 is 0 Å². The number of aliphatic hydroxyl groups is 3. The van der Waals surface area contributed by atoms with Gasteiger partial charge in [0.15, 0.2) is 5.65 Å². The Morgan fingerprint density at radius 1 is 1.53 bits per heavy atom. The Bertz CT molecular complexity index is 617. The van der Waals surface area contributed by atoms with Crippen LogP contribution >= 0.6 is 0 Å². The summed E-state index contributed by atoms with van der Waals surface area (Å²) in [7, 11) is 0. The zero-order valence-corrected chi connectivity index (χ0v) is 9.84. The maximum atomic E-state index is 10.6. The molecule has 0 aliphatic carbocycles. The first-order valence-electron chi connectivity index (χ1n) is 5.65. The van der Waals surface area contributed by atoms with E-state index in [0.29, 0.717) is 0 Å². The van der Waals surface area contributed by atoms with Crippen LogP contribution in [0.1, 0.15) is 5.56 Å². The highest BCUT2D eigenvalue weighted by atomic mass is 16.5. The first-order valence-corrected chi connectivity index (χ1v) is 5.65. The third-order valence-corrected chi connectivity index (χ3v) is 3.34. The molecule has 19 heavy (non-hydrogen) atoms. The third-order valence-electron chi connectivity index (χ3n) is 3.34. The molecule has 0 radical (unpaired) electrons. The van der Waals surface area contributed by atoms with Crippen LogP contribution < -0.4 is 5.73 Å². The Morgan fingerprint density at radius 2 is 2.32 bits per heavy atom. The molecule has 5 N–H and O–H groups in total. The monoisotopic (exact) mass is 267 g/mol. The van der Waals surface area contributed by atoms with Gasteiger partial charge in [0.1, 0.15) is 24.1 Å². The van der Waals surface area contributed by atoms with Gasteiger partial charge in [-0.3, -0.25) is 0 Å². The van der Waals surface area contributed by atoms with Crippen molar-refractivity contribution in [2.45, 2.75) is 17.8 Å². The van der Waals surface area contributed by atoms with E-state index in [4.69, 9.17) is 15.6 Å². The lowest BCUT2D eigenvalue weighted by Gasteiger charge is -2.24. The van der Waals surface area contributed by atoms with Gasteiger partial charge in [0.25, 0.3) is 0 Å². The van der Waals surface area contributed by atoms with E-state index in [9.17, 15) is 10.2 Å². The molecular weight excluding hydrogens is 254 g/mol. The lowest BCUT2D eigenvalue weighted by Crippen LogP contribution is -2.42. The van der Waals surface area contributed by atoms with E-state index < -0.39 is 17.8 Å². The predicted octanol–water partition coefficient (Wildman–Crippen LogP) is -2.35. The number of anilines is 1. The first-order chi connectivity index (χ1) is 9.08. The fourth-order valence-corrected chi connectivity index (χ4v) is 2.24. The van der Waals surface area contributed by atoms with Crippen LogP contribution in [0, 0.1) is 0 Å². The smallest absolute Gasteiger partial charge is 0.224 e. The van der Waals surface area contributed by atoms with Crippen molar-refractivity contribution in [3.05, 3.63) is 18.1 Å². The summed E-state index contributed by atoms with van der Waals surface area (Å²) in [5, 5.41) is 33.7. The van der Waals surface area contributed by atoms with Crippen molar-refractivity contribution in [3.63, 3.8) is 0 Å². The maximum absolute atomic E-state index is 10.6. The Kier molecular flexibility index (Phi) is 2.64. The standard InChI is InChI=1S/C10H13N5O4/c11-9-13-4-12-8-5(1-14-15(8)9)10(18)3-19-6(2-16)7(10)17/h1,4,6-7,16-18H,2-3H2,(H2,11,12,13)/t6-,7-,10+/m1/s1. The molecule has 3 rings (SSSR count). The lowest BCUT2D eigenvalue weighted by atomic mass is 9.90. The van der Waals surface area contributed by atoms with Gasteiger partial charge in [-0.15, -0.1) is 0 Å². The molecule has 9 heteroatoms. The second-order valence-electron chi connectivity index (χ2n) is 4.43. The molecule has 3 heterocycles. The molecule has 9 nitrogen and oxygen atoms in total. The number of ether oxygens (including phenoxy) is 1. The van der Waals surface area contributed by atoms with Crippen LogP contribution in [-0.2, 0) is 10.3 Å². The van der Waals surface area contributed by atoms with Gasteiger partial charge in [0, 0.05) is 0 Å². The van der Waals surface area contributed by atoms with Crippen molar-refractivity contribution in [3.8, 4) is 0 Å². The number of aromatic nitrogens is 4. The number of nitrogens with zero attached hydrogens (tertiary/aromatic N) is 4. The van der Waals surface area contributed by atoms with Crippen LogP contribution in [0.3, 0.4) is 0 Å². The largest absolute Gasteiger partial charge is 0.394 e. The number of hydrogen-bond acceptors (Lipinski definition) is 8. The van der Waals surface area contributed by atoms with Gasteiger partial charge in [-0.05, 0) is 0 Å². The summed E-state index contributed by atoms with van der Waals surface area (Å²) in [6.45, 7) is -0.551. The highest BCUT2D eigenvalue weighted by Gasteiger charge is 2.50. The maximum Gasteiger partial charge on any atom is 0.224 e. The molecule has 3 atom stereocenters. The van der Waals surface area contributed by atoms with Crippen LogP contribution in [0.25, 0.3) is 5.65 Å². The molecule has 1 aliphatic rings. The minimum Gasteiger partial charge on any atom is -0.394 e. The van der Waals surface area contributed by atoms with E-state index in [-0.39, 0.29) is 30.4 Å². The first kappa shape index (κ1) is 12.2. The fourth-order valence-electron chi connectivity index (χ4n) is 2.24. The van der Waals surface area contributed by atoms with Crippen LogP contribution in [0.2, 0.25) is 0 Å². The van der Waals surface area contributed by atoms with Crippen LogP contribution in [-0.4, -0.2) is 60.3 Å². The third kappa shape index (κ3) is 1.60. The number of nitrogen functional groups attached to an aromatic ring is 1. The second-order valence-corrected chi connectivity index (χ2v) is 4.43. The molecule has 0 bridgehead atoms. The van der Waals surface area contributed by atoms with E-state index >= 15 is 0 Å². The molecule has 0 amide bonds. The number of aliphatic hydroxyl groups excluding tert-OH is 2. The molecule has 2 aromatic rings. The normalized spacial score (nSPS) is 31.1. The van der Waals surface area contributed by atoms with E-state index in [2.05, 4.69) is 15.1 Å². The molecule has 0 spiro atoms. The Hall–Kier alpha value is -1.81. The molecule has 2 aromatic heterocycles. The molecule has 1 aliphatic heterocycles. The van der Waals surface area contributed by atoms with Crippen LogP contribution in [0.5, 0.6) is 0 Å². The minimum atomic E-state index is -1.68. The Labute approximate surface area is 107 Å². The highest BCUT2D eigenvalue weighted by Crippen LogP contribution is 2.36. The number of rotatable bonds is 2. The quantitative estimate of drug-likeness (QED) is 0.474. The summed E-state index contributed by atoms with van der Waals surface area (Å²) < 4.78 is 6.43. The van der Waals surface area contributed by atoms with Crippen molar-refractivity contribution in [1.82, 2.24) is 19.6 Å². The van der Waals surface area contributed by atoms with Crippen molar-refractivity contribution in [2.75, 3.05) is 18.9 Å².